The largest absolute Gasteiger partial charge is 0.489 e. The predicted molar refractivity (Wildman–Crippen MR) is 105 cm³/mol. The summed E-state index contributed by atoms with van der Waals surface area (Å²) in [6, 6.07) is 19.7. The van der Waals surface area contributed by atoms with Crippen LogP contribution >= 0.6 is 0 Å². The number of carbonyl (C=O) groups excluding carboxylic acids is 1. The first-order valence-corrected chi connectivity index (χ1v) is 9.27. The third-order valence-electron chi connectivity index (χ3n) is 4.70. The average Bonchev–Trinajstić information content (AvgIpc) is 3.47. The van der Waals surface area contributed by atoms with Crippen molar-refractivity contribution in [1.82, 2.24) is 9.78 Å². The number of nitrogens with one attached hydrogen (secondary N) is 1. The summed E-state index contributed by atoms with van der Waals surface area (Å²) in [6.45, 7) is 0.532. The monoisotopic (exact) mass is 361 g/mol. The van der Waals surface area contributed by atoms with E-state index >= 15 is 0 Å². The van der Waals surface area contributed by atoms with Gasteiger partial charge < -0.3 is 10.1 Å². The molecule has 0 radical (unpaired) electrons. The first-order valence-electron chi connectivity index (χ1n) is 9.27. The minimum Gasteiger partial charge on any atom is -0.489 e. The third-order valence-corrected chi connectivity index (χ3v) is 4.70. The summed E-state index contributed by atoms with van der Waals surface area (Å²) in [4.78, 5) is 12.3. The topological polar surface area (TPSA) is 56.2 Å². The Morgan fingerprint density at radius 3 is 2.56 bits per heavy atom. The number of nitrogens with zero attached hydrogens (tertiary/aromatic N) is 2. The van der Waals surface area contributed by atoms with Crippen molar-refractivity contribution in [3.63, 3.8) is 0 Å². The van der Waals surface area contributed by atoms with Gasteiger partial charge in [-0.05, 0) is 36.1 Å². The molecule has 1 aliphatic carbocycles. The van der Waals surface area contributed by atoms with Crippen LogP contribution in [0, 0.1) is 0 Å². The lowest BCUT2D eigenvalue weighted by Gasteiger charge is -2.08. The van der Waals surface area contributed by atoms with Crippen molar-refractivity contribution in [2.24, 2.45) is 7.05 Å². The lowest BCUT2D eigenvalue weighted by Crippen LogP contribution is -2.16. The molecule has 1 aromatic heterocycles. The Bertz CT molecular complexity index is 912. The van der Waals surface area contributed by atoms with Gasteiger partial charge in [-0.1, -0.05) is 42.5 Å². The molecular formula is C22H23N3O2. The highest BCUT2D eigenvalue weighted by molar-refractivity contribution is 5.91. The van der Waals surface area contributed by atoms with E-state index in [0.717, 1.165) is 28.4 Å². The van der Waals surface area contributed by atoms with Gasteiger partial charge in [0, 0.05) is 19.0 Å². The maximum Gasteiger partial charge on any atom is 0.229 e. The van der Waals surface area contributed by atoms with Crippen LogP contribution in [0.25, 0.3) is 0 Å². The maximum atomic E-state index is 12.3. The maximum absolute atomic E-state index is 12.3. The molecular weight excluding hydrogens is 338 g/mol. The van der Waals surface area contributed by atoms with Crippen LogP contribution in [0.5, 0.6) is 5.75 Å². The molecule has 1 heterocycles. The number of aromatic nitrogens is 2. The van der Waals surface area contributed by atoms with Crippen LogP contribution in [0.4, 0.5) is 5.82 Å². The third kappa shape index (κ3) is 4.56. The smallest absolute Gasteiger partial charge is 0.229 e. The van der Waals surface area contributed by atoms with E-state index in [1.807, 2.05) is 67.7 Å². The lowest BCUT2D eigenvalue weighted by molar-refractivity contribution is -0.115. The number of hydrogen-bond donors (Lipinski definition) is 1. The van der Waals surface area contributed by atoms with E-state index in [-0.39, 0.29) is 5.91 Å². The molecule has 3 aromatic rings. The molecule has 5 nitrogen and oxygen atoms in total. The Morgan fingerprint density at radius 2 is 1.85 bits per heavy atom. The SMILES string of the molecule is Cn1nc(C2CC2)cc1NC(=O)Cc1ccc(OCc2ccccc2)cc1. The van der Waals surface area contributed by atoms with Crippen LogP contribution in [0.3, 0.4) is 0 Å². The number of aryl methyl sites for hydroxylation is 1. The Morgan fingerprint density at radius 1 is 1.11 bits per heavy atom. The summed E-state index contributed by atoms with van der Waals surface area (Å²) in [5, 5.41) is 7.43. The van der Waals surface area contributed by atoms with E-state index in [0.29, 0.717) is 18.9 Å². The highest BCUT2D eigenvalue weighted by Crippen LogP contribution is 2.39. The zero-order valence-corrected chi connectivity index (χ0v) is 15.4. The Balaban J connectivity index is 1.30. The molecule has 4 rings (SSSR count). The zero-order chi connectivity index (χ0) is 18.6. The van der Waals surface area contributed by atoms with Crippen molar-refractivity contribution in [1.29, 1.82) is 0 Å². The molecule has 0 unspecified atom stereocenters. The molecule has 27 heavy (non-hydrogen) atoms. The second-order valence-electron chi connectivity index (χ2n) is 7.00. The van der Waals surface area contributed by atoms with Crippen LogP contribution in [0.15, 0.2) is 60.7 Å². The van der Waals surface area contributed by atoms with E-state index < -0.39 is 0 Å². The molecule has 1 aliphatic rings. The molecule has 1 N–H and O–H groups in total. The number of anilines is 1. The normalized spacial score (nSPS) is 13.4. The molecule has 138 valence electrons. The minimum absolute atomic E-state index is 0.0432. The van der Waals surface area contributed by atoms with Crippen LogP contribution in [0.2, 0.25) is 0 Å². The van der Waals surface area contributed by atoms with Crippen LogP contribution < -0.4 is 10.1 Å². The summed E-state index contributed by atoms with van der Waals surface area (Å²) in [5.74, 6) is 2.08. The van der Waals surface area contributed by atoms with E-state index in [9.17, 15) is 4.79 Å². The van der Waals surface area contributed by atoms with Crippen LogP contribution in [-0.4, -0.2) is 15.7 Å². The summed E-state index contributed by atoms with van der Waals surface area (Å²) < 4.78 is 7.52. The first kappa shape index (κ1) is 17.3. The highest BCUT2D eigenvalue weighted by atomic mass is 16.5. The molecule has 0 atom stereocenters. The van der Waals surface area contributed by atoms with Gasteiger partial charge in [-0.3, -0.25) is 9.48 Å². The van der Waals surface area contributed by atoms with Crippen LogP contribution in [-0.2, 0) is 24.9 Å². The molecule has 1 fully saturated rings. The van der Waals surface area contributed by atoms with E-state index in [4.69, 9.17) is 4.74 Å². The van der Waals surface area contributed by atoms with Gasteiger partial charge in [-0.25, -0.2) is 0 Å². The van der Waals surface area contributed by atoms with Crippen molar-refractivity contribution >= 4 is 11.7 Å². The molecule has 0 bridgehead atoms. The van der Waals surface area contributed by atoms with Gasteiger partial charge in [-0.2, -0.15) is 5.10 Å². The molecule has 5 heteroatoms. The molecule has 1 saturated carbocycles. The fourth-order valence-corrected chi connectivity index (χ4v) is 3.00. The van der Waals surface area contributed by atoms with Crippen molar-refractivity contribution in [2.75, 3.05) is 5.32 Å². The van der Waals surface area contributed by atoms with Gasteiger partial charge in [0.05, 0.1) is 12.1 Å². The fourth-order valence-electron chi connectivity index (χ4n) is 3.00. The number of amides is 1. The van der Waals surface area contributed by atoms with Gasteiger partial charge in [0.25, 0.3) is 0 Å². The van der Waals surface area contributed by atoms with Crippen molar-refractivity contribution < 1.29 is 9.53 Å². The molecule has 0 spiro atoms. The second kappa shape index (κ2) is 7.66. The van der Waals surface area contributed by atoms with E-state index in [1.54, 1.807) is 4.68 Å². The minimum atomic E-state index is -0.0432. The van der Waals surface area contributed by atoms with E-state index in [1.165, 1.54) is 12.8 Å². The standard InChI is InChI=1S/C22H23N3O2/c1-25-21(14-20(24-25)18-9-10-18)23-22(26)13-16-7-11-19(12-8-16)27-15-17-5-3-2-4-6-17/h2-8,11-12,14,18H,9-10,13,15H2,1H3,(H,23,26). The quantitative estimate of drug-likeness (QED) is 0.690. The summed E-state index contributed by atoms with van der Waals surface area (Å²) in [6.07, 6.45) is 2.72. The Hall–Kier alpha value is -3.08. The fraction of sp³-hybridized carbons (Fsp3) is 0.273. The predicted octanol–water partition coefficient (Wildman–Crippen LogP) is 4.06. The van der Waals surface area contributed by atoms with Crippen molar-refractivity contribution in [3.8, 4) is 5.75 Å². The zero-order valence-electron chi connectivity index (χ0n) is 15.4. The summed E-state index contributed by atoms with van der Waals surface area (Å²) in [7, 11) is 1.86. The summed E-state index contributed by atoms with van der Waals surface area (Å²) >= 11 is 0. The average molecular weight is 361 g/mol. The number of hydrogen-bond acceptors (Lipinski definition) is 3. The molecule has 0 saturated heterocycles. The van der Waals surface area contributed by atoms with Gasteiger partial charge in [0.2, 0.25) is 5.91 Å². The Labute approximate surface area is 159 Å². The first-order chi connectivity index (χ1) is 13.2. The highest BCUT2D eigenvalue weighted by Gasteiger charge is 2.27. The van der Waals surface area contributed by atoms with Crippen molar-refractivity contribution in [3.05, 3.63) is 77.5 Å². The van der Waals surface area contributed by atoms with Crippen molar-refractivity contribution in [2.45, 2.75) is 31.8 Å². The lowest BCUT2D eigenvalue weighted by atomic mass is 10.1. The van der Waals surface area contributed by atoms with E-state index in [2.05, 4.69) is 10.4 Å². The van der Waals surface area contributed by atoms with Crippen LogP contribution in [0.1, 0.15) is 35.6 Å². The van der Waals surface area contributed by atoms with Gasteiger partial charge >= 0.3 is 0 Å². The molecule has 2 aromatic carbocycles. The second-order valence-corrected chi connectivity index (χ2v) is 7.00. The number of carbonyl (C=O) groups is 1. The van der Waals surface area contributed by atoms with Gasteiger partial charge in [0.1, 0.15) is 18.2 Å². The molecule has 1 amide bonds. The number of rotatable bonds is 7. The number of ether oxygens (including phenoxy) is 1. The molecule has 0 aliphatic heterocycles. The number of benzene rings is 2. The van der Waals surface area contributed by atoms with Gasteiger partial charge in [-0.15, -0.1) is 0 Å². The van der Waals surface area contributed by atoms with Gasteiger partial charge in [0.15, 0.2) is 0 Å². The Kier molecular flexibility index (Phi) is 4.92. The summed E-state index contributed by atoms with van der Waals surface area (Å²) in [5.41, 5.74) is 3.15.